The number of aromatic nitrogens is 1. The standard InChI is InChI=1S/C19H25N5O/c1-19(2,3)17-9-13(7-8-21-17)18-16(25-6)10-14(15(11-20)23-18)22-12-24(4)5/h7,10,12H,8-9H2,1-6H3/b22-12+/i10D. The smallest absolute Gasteiger partial charge is 0.167 e. The predicted molar refractivity (Wildman–Crippen MR) is 102 cm³/mol. The van der Waals surface area contributed by atoms with Crippen molar-refractivity contribution in [1.29, 1.82) is 5.26 Å². The number of allylic oxidation sites excluding steroid dienone is 1. The summed E-state index contributed by atoms with van der Waals surface area (Å²) < 4.78 is 13.9. The minimum atomic E-state index is -0.0510. The fourth-order valence-electron chi connectivity index (χ4n) is 2.41. The maximum Gasteiger partial charge on any atom is 0.167 e. The summed E-state index contributed by atoms with van der Waals surface area (Å²) in [5, 5.41) is 9.51. The van der Waals surface area contributed by atoms with Crippen molar-refractivity contribution >= 4 is 23.3 Å². The molecule has 25 heavy (non-hydrogen) atoms. The van der Waals surface area contributed by atoms with Gasteiger partial charge in [0.25, 0.3) is 0 Å². The molecule has 1 aromatic heterocycles. The van der Waals surface area contributed by atoms with Crippen LogP contribution < -0.4 is 4.74 Å². The molecule has 2 rings (SSSR count). The molecule has 0 aromatic carbocycles. The molecular weight excluding hydrogens is 314 g/mol. The molecule has 0 atom stereocenters. The van der Waals surface area contributed by atoms with Gasteiger partial charge in [-0.15, -0.1) is 0 Å². The van der Waals surface area contributed by atoms with E-state index in [1.54, 1.807) is 11.2 Å². The number of hydrogen-bond acceptors (Lipinski definition) is 5. The number of rotatable bonds is 4. The Balaban J connectivity index is 2.56. The molecule has 1 aliphatic heterocycles. The number of nitrogens with zero attached hydrogens (tertiary/aromatic N) is 5. The minimum Gasteiger partial charge on any atom is -0.494 e. The van der Waals surface area contributed by atoms with Gasteiger partial charge in [0.15, 0.2) is 5.69 Å². The Hall–Kier alpha value is -2.68. The van der Waals surface area contributed by atoms with Gasteiger partial charge in [0.1, 0.15) is 23.2 Å². The van der Waals surface area contributed by atoms with Crippen LogP contribution in [0, 0.1) is 16.7 Å². The number of methoxy groups -OCH3 is 1. The van der Waals surface area contributed by atoms with E-state index < -0.39 is 0 Å². The lowest BCUT2D eigenvalue weighted by atomic mass is 9.84. The molecule has 0 aliphatic carbocycles. The second-order valence-electron chi connectivity index (χ2n) is 7.08. The van der Waals surface area contributed by atoms with Crippen molar-refractivity contribution in [3.8, 4) is 11.8 Å². The molecule has 1 aliphatic rings. The third-order valence-electron chi connectivity index (χ3n) is 3.77. The van der Waals surface area contributed by atoms with E-state index in [-0.39, 0.29) is 22.8 Å². The SMILES string of the molecule is [2H]c1c(/N=C/N(C)C)c(C#N)nc(C2=CCN=C(C(C)(C)C)C2)c1OC. The monoisotopic (exact) mass is 340 g/mol. The van der Waals surface area contributed by atoms with E-state index in [1.807, 2.05) is 20.2 Å². The van der Waals surface area contributed by atoms with Crippen LogP contribution in [-0.2, 0) is 0 Å². The first kappa shape index (κ1) is 17.2. The fraction of sp³-hybridized carbons (Fsp3) is 0.474. The first-order valence-corrected chi connectivity index (χ1v) is 8.11. The van der Waals surface area contributed by atoms with Crippen LogP contribution in [0.25, 0.3) is 5.57 Å². The second-order valence-corrected chi connectivity index (χ2v) is 7.08. The van der Waals surface area contributed by atoms with Gasteiger partial charge >= 0.3 is 0 Å². The van der Waals surface area contributed by atoms with Crippen molar-refractivity contribution in [3.63, 3.8) is 0 Å². The molecule has 2 heterocycles. The molecule has 0 bridgehead atoms. The Morgan fingerprint density at radius 3 is 2.72 bits per heavy atom. The molecule has 0 saturated carbocycles. The second kappa shape index (κ2) is 7.47. The summed E-state index contributed by atoms with van der Waals surface area (Å²) in [6, 6.07) is 2.12. The fourth-order valence-corrected chi connectivity index (χ4v) is 2.41. The van der Waals surface area contributed by atoms with Gasteiger partial charge in [-0.05, 0) is 5.57 Å². The van der Waals surface area contributed by atoms with E-state index in [2.05, 4.69) is 41.8 Å². The summed E-state index contributed by atoms with van der Waals surface area (Å²) in [5.41, 5.74) is 2.79. The molecule has 0 saturated heterocycles. The third-order valence-corrected chi connectivity index (χ3v) is 3.77. The summed E-state index contributed by atoms with van der Waals surface area (Å²) in [4.78, 5) is 15.0. The topological polar surface area (TPSA) is 73.9 Å². The van der Waals surface area contributed by atoms with Crippen molar-refractivity contribution in [2.75, 3.05) is 27.7 Å². The number of ether oxygens (including phenoxy) is 1. The van der Waals surface area contributed by atoms with E-state index in [0.29, 0.717) is 24.4 Å². The summed E-state index contributed by atoms with van der Waals surface area (Å²) in [6.45, 7) is 6.92. The highest BCUT2D eigenvalue weighted by Gasteiger charge is 2.25. The largest absolute Gasteiger partial charge is 0.494 e. The highest BCUT2D eigenvalue weighted by atomic mass is 16.5. The number of aliphatic imine (C=N–C) groups is 2. The Morgan fingerprint density at radius 2 is 2.16 bits per heavy atom. The van der Waals surface area contributed by atoms with Crippen LogP contribution in [0.1, 0.15) is 40.0 Å². The van der Waals surface area contributed by atoms with E-state index in [9.17, 15) is 5.26 Å². The van der Waals surface area contributed by atoms with Gasteiger partial charge in [0.2, 0.25) is 0 Å². The van der Waals surface area contributed by atoms with Gasteiger partial charge in [0, 0.05) is 37.7 Å². The van der Waals surface area contributed by atoms with Crippen LogP contribution in [0.3, 0.4) is 0 Å². The van der Waals surface area contributed by atoms with Crippen LogP contribution in [0.5, 0.6) is 5.75 Å². The molecule has 0 N–H and O–H groups in total. The molecule has 0 fully saturated rings. The molecular formula is C19H25N5O. The minimum absolute atomic E-state index is 0.0510. The zero-order valence-corrected chi connectivity index (χ0v) is 15.7. The average Bonchev–Trinajstić information content (AvgIpc) is 2.59. The van der Waals surface area contributed by atoms with E-state index in [0.717, 1.165) is 11.3 Å². The molecule has 0 radical (unpaired) electrons. The van der Waals surface area contributed by atoms with Gasteiger partial charge in [-0.3, -0.25) is 4.99 Å². The van der Waals surface area contributed by atoms with Crippen molar-refractivity contribution in [2.24, 2.45) is 15.4 Å². The average molecular weight is 340 g/mol. The van der Waals surface area contributed by atoms with Crippen LogP contribution >= 0.6 is 0 Å². The first-order valence-electron chi connectivity index (χ1n) is 8.61. The highest BCUT2D eigenvalue weighted by Crippen LogP contribution is 2.35. The maximum absolute atomic E-state index is 9.51. The van der Waals surface area contributed by atoms with Crippen LogP contribution in [0.15, 0.2) is 22.1 Å². The number of hydrogen-bond donors (Lipinski definition) is 0. The Kier molecular flexibility index (Phi) is 5.13. The van der Waals surface area contributed by atoms with Gasteiger partial charge < -0.3 is 9.64 Å². The van der Waals surface area contributed by atoms with Crippen molar-refractivity contribution in [1.82, 2.24) is 9.88 Å². The quantitative estimate of drug-likeness (QED) is 0.621. The molecule has 6 nitrogen and oxygen atoms in total. The molecule has 6 heteroatoms. The number of pyridine rings is 1. The van der Waals surface area contributed by atoms with Crippen molar-refractivity contribution in [3.05, 3.63) is 23.5 Å². The summed E-state index contributed by atoms with van der Waals surface area (Å²) in [7, 11) is 5.14. The van der Waals surface area contributed by atoms with Crippen LogP contribution in [-0.4, -0.2) is 49.7 Å². The summed E-state index contributed by atoms with van der Waals surface area (Å²) in [5.74, 6) is 0.330. The Bertz CT molecular complexity index is 826. The van der Waals surface area contributed by atoms with Gasteiger partial charge in [0.05, 0.1) is 21.4 Å². The molecule has 1 aromatic rings. The van der Waals surface area contributed by atoms with E-state index >= 15 is 0 Å². The lowest BCUT2D eigenvalue weighted by Gasteiger charge is -2.25. The first-order chi connectivity index (χ1) is 12.2. The zero-order valence-electron chi connectivity index (χ0n) is 16.7. The molecule has 0 spiro atoms. The number of dihydropyridines is 1. The molecule has 132 valence electrons. The predicted octanol–water partition coefficient (Wildman–Crippen LogP) is 3.46. The normalized spacial score (nSPS) is 15.3. The summed E-state index contributed by atoms with van der Waals surface area (Å²) >= 11 is 0. The zero-order chi connectivity index (χ0) is 19.5. The summed E-state index contributed by atoms with van der Waals surface area (Å²) in [6.07, 6.45) is 4.14. The van der Waals surface area contributed by atoms with Gasteiger partial charge in [-0.25, -0.2) is 9.98 Å². The Morgan fingerprint density at radius 1 is 1.44 bits per heavy atom. The molecule has 0 amide bonds. The highest BCUT2D eigenvalue weighted by molar-refractivity contribution is 5.99. The van der Waals surface area contributed by atoms with Crippen molar-refractivity contribution < 1.29 is 6.11 Å². The molecule has 0 unspecified atom stereocenters. The maximum atomic E-state index is 9.51. The van der Waals surface area contributed by atoms with Gasteiger partial charge in [-0.1, -0.05) is 26.8 Å². The van der Waals surface area contributed by atoms with E-state index in [4.69, 9.17) is 6.11 Å². The lowest BCUT2D eigenvalue weighted by Crippen LogP contribution is -2.23. The van der Waals surface area contributed by atoms with Crippen LogP contribution in [0.4, 0.5) is 5.69 Å². The number of nitriles is 1. The van der Waals surface area contributed by atoms with Crippen LogP contribution in [0.2, 0.25) is 0 Å². The van der Waals surface area contributed by atoms with Gasteiger partial charge in [-0.2, -0.15) is 5.26 Å². The van der Waals surface area contributed by atoms with E-state index in [1.165, 1.54) is 7.11 Å². The Labute approximate surface area is 151 Å². The lowest BCUT2D eigenvalue weighted by molar-refractivity contribution is 0.411. The van der Waals surface area contributed by atoms with Crippen molar-refractivity contribution in [2.45, 2.75) is 27.2 Å². The third kappa shape index (κ3) is 4.44.